The normalized spacial score (nSPS) is 13.0. The summed E-state index contributed by atoms with van der Waals surface area (Å²) in [5.74, 6) is -1.37. The highest BCUT2D eigenvalue weighted by atomic mass is 32.2. The highest BCUT2D eigenvalue weighted by molar-refractivity contribution is 7.99. The molecule has 1 aliphatic carbocycles. The molecule has 112 valence electrons. The van der Waals surface area contributed by atoms with Gasteiger partial charge in [-0.1, -0.05) is 24.3 Å². The average Bonchev–Trinajstić information content (AvgIpc) is 2.53. The summed E-state index contributed by atoms with van der Waals surface area (Å²) in [4.78, 5) is 25.3. The monoisotopic (exact) mass is 316 g/mol. The third kappa shape index (κ3) is 2.08. The molecular formula is C16H12O5S. The van der Waals surface area contributed by atoms with Crippen molar-refractivity contribution in [3.63, 3.8) is 0 Å². The van der Waals surface area contributed by atoms with Gasteiger partial charge in [0.05, 0.1) is 22.6 Å². The second kappa shape index (κ2) is 5.47. The summed E-state index contributed by atoms with van der Waals surface area (Å²) in [6.45, 7) is -0.113. The van der Waals surface area contributed by atoms with Gasteiger partial charge in [0, 0.05) is 16.9 Å². The number of phenolic OH excluding ortho intramolecular Hbond substituents is 2. The molecule has 0 unspecified atom stereocenters. The van der Waals surface area contributed by atoms with Gasteiger partial charge in [-0.15, -0.1) is 11.8 Å². The molecule has 1 aliphatic rings. The van der Waals surface area contributed by atoms with E-state index in [0.717, 1.165) is 11.8 Å². The molecule has 22 heavy (non-hydrogen) atoms. The highest BCUT2D eigenvalue weighted by Gasteiger charge is 2.35. The van der Waals surface area contributed by atoms with Crippen molar-refractivity contribution in [2.75, 3.05) is 12.4 Å². The lowest BCUT2D eigenvalue weighted by atomic mass is 9.83. The maximum absolute atomic E-state index is 12.6. The molecule has 0 bridgehead atoms. The first-order chi connectivity index (χ1) is 10.6. The van der Waals surface area contributed by atoms with Crippen molar-refractivity contribution in [1.29, 1.82) is 0 Å². The van der Waals surface area contributed by atoms with Crippen LogP contribution in [0.15, 0.2) is 35.2 Å². The zero-order chi connectivity index (χ0) is 15.9. The van der Waals surface area contributed by atoms with Crippen LogP contribution in [0.4, 0.5) is 0 Å². The molecule has 0 saturated carbocycles. The SMILES string of the molecule is O=C1c2ccccc2C(=O)c2c(O)c(SCCO)cc(O)c21. The van der Waals surface area contributed by atoms with E-state index in [1.807, 2.05) is 0 Å². The Balaban J connectivity index is 2.24. The smallest absolute Gasteiger partial charge is 0.198 e. The number of carbonyl (C=O) groups excluding carboxylic acids is 2. The molecule has 0 heterocycles. The number of hydrogen-bond donors (Lipinski definition) is 3. The molecule has 0 amide bonds. The molecule has 5 nitrogen and oxygen atoms in total. The van der Waals surface area contributed by atoms with Gasteiger partial charge in [-0.05, 0) is 6.07 Å². The summed E-state index contributed by atoms with van der Waals surface area (Å²) in [6, 6.07) is 7.55. The quantitative estimate of drug-likeness (QED) is 0.505. The number of thioether (sulfide) groups is 1. The van der Waals surface area contributed by atoms with E-state index in [9.17, 15) is 19.8 Å². The molecular weight excluding hydrogens is 304 g/mol. The average molecular weight is 316 g/mol. The third-order valence-electron chi connectivity index (χ3n) is 3.46. The molecule has 0 aromatic heterocycles. The minimum atomic E-state index is -0.496. The Morgan fingerprint density at radius 1 is 0.955 bits per heavy atom. The van der Waals surface area contributed by atoms with Crippen LogP contribution >= 0.6 is 11.8 Å². The fraction of sp³-hybridized carbons (Fsp3) is 0.125. The number of carbonyl (C=O) groups is 2. The number of aliphatic hydroxyl groups excluding tert-OH is 1. The van der Waals surface area contributed by atoms with E-state index < -0.39 is 11.6 Å². The van der Waals surface area contributed by atoms with Gasteiger partial charge >= 0.3 is 0 Å². The third-order valence-corrected chi connectivity index (χ3v) is 4.47. The number of hydrogen-bond acceptors (Lipinski definition) is 6. The first-order valence-electron chi connectivity index (χ1n) is 6.57. The first-order valence-corrected chi connectivity index (χ1v) is 7.55. The van der Waals surface area contributed by atoms with Gasteiger partial charge in [-0.25, -0.2) is 0 Å². The molecule has 3 N–H and O–H groups in total. The molecule has 2 aromatic carbocycles. The van der Waals surface area contributed by atoms with Crippen LogP contribution in [0.25, 0.3) is 0 Å². The molecule has 0 saturated heterocycles. The Morgan fingerprint density at radius 2 is 1.55 bits per heavy atom. The predicted octanol–water partition coefficient (Wildman–Crippen LogP) is 1.96. The molecule has 2 aromatic rings. The molecule has 3 rings (SSSR count). The maximum Gasteiger partial charge on any atom is 0.198 e. The number of benzene rings is 2. The van der Waals surface area contributed by atoms with Crippen molar-refractivity contribution < 1.29 is 24.9 Å². The van der Waals surface area contributed by atoms with Gasteiger partial charge < -0.3 is 15.3 Å². The summed E-state index contributed by atoms with van der Waals surface area (Å²) >= 11 is 1.10. The van der Waals surface area contributed by atoms with Crippen molar-refractivity contribution in [1.82, 2.24) is 0 Å². The Kier molecular flexibility index (Phi) is 3.64. The van der Waals surface area contributed by atoms with Crippen LogP contribution in [-0.2, 0) is 0 Å². The number of fused-ring (bicyclic) bond motifs is 2. The Bertz CT molecular complexity index is 797. The second-order valence-electron chi connectivity index (χ2n) is 4.77. The van der Waals surface area contributed by atoms with Crippen molar-refractivity contribution in [2.45, 2.75) is 4.90 Å². The minimum Gasteiger partial charge on any atom is -0.507 e. The number of phenols is 2. The Labute approximate surface area is 130 Å². The van der Waals surface area contributed by atoms with Gasteiger partial charge in [0.25, 0.3) is 0 Å². The number of ketones is 2. The summed E-state index contributed by atoms with van der Waals surface area (Å²) < 4.78 is 0. The lowest BCUT2D eigenvalue weighted by Crippen LogP contribution is -2.21. The van der Waals surface area contributed by atoms with E-state index in [1.54, 1.807) is 12.1 Å². The lowest BCUT2D eigenvalue weighted by Gasteiger charge is -2.20. The van der Waals surface area contributed by atoms with E-state index >= 15 is 0 Å². The van der Waals surface area contributed by atoms with Crippen LogP contribution in [0.1, 0.15) is 31.8 Å². The molecule has 0 atom stereocenters. The van der Waals surface area contributed by atoms with Crippen LogP contribution in [0, 0.1) is 0 Å². The van der Waals surface area contributed by atoms with Crippen molar-refractivity contribution in [3.05, 3.63) is 52.6 Å². The van der Waals surface area contributed by atoms with E-state index in [4.69, 9.17) is 5.11 Å². The summed E-state index contributed by atoms with van der Waals surface area (Å²) in [5.41, 5.74) is 0.0724. The van der Waals surface area contributed by atoms with Crippen molar-refractivity contribution in [3.8, 4) is 11.5 Å². The van der Waals surface area contributed by atoms with Crippen LogP contribution in [0.2, 0.25) is 0 Å². The zero-order valence-corrected chi connectivity index (χ0v) is 12.2. The Hall–Kier alpha value is -2.31. The number of rotatable bonds is 3. The highest BCUT2D eigenvalue weighted by Crippen LogP contribution is 2.43. The van der Waals surface area contributed by atoms with Crippen LogP contribution in [-0.4, -0.2) is 39.2 Å². The van der Waals surface area contributed by atoms with Gasteiger partial charge in [0.1, 0.15) is 11.5 Å². The number of aromatic hydroxyl groups is 2. The Morgan fingerprint density at radius 3 is 2.14 bits per heavy atom. The van der Waals surface area contributed by atoms with Gasteiger partial charge in [-0.3, -0.25) is 9.59 Å². The standard InChI is InChI=1S/C16H12O5S/c17-5-6-22-11-7-10(18)12-13(16(11)21)15(20)9-4-2-1-3-8(9)14(12)19/h1-4,7,17-18,21H,5-6H2. The topological polar surface area (TPSA) is 94.8 Å². The van der Waals surface area contributed by atoms with E-state index in [0.29, 0.717) is 5.75 Å². The number of aliphatic hydroxyl groups is 1. The predicted molar refractivity (Wildman–Crippen MR) is 80.9 cm³/mol. The summed E-state index contributed by atoms with van der Waals surface area (Å²) in [5, 5.41) is 29.3. The van der Waals surface area contributed by atoms with Crippen LogP contribution in [0.3, 0.4) is 0 Å². The molecule has 0 aliphatic heterocycles. The first kappa shape index (κ1) is 14.6. The van der Waals surface area contributed by atoms with Crippen LogP contribution in [0.5, 0.6) is 11.5 Å². The zero-order valence-electron chi connectivity index (χ0n) is 11.4. The van der Waals surface area contributed by atoms with Crippen molar-refractivity contribution in [2.24, 2.45) is 0 Å². The lowest BCUT2D eigenvalue weighted by molar-refractivity contribution is 0.0973. The van der Waals surface area contributed by atoms with E-state index in [1.165, 1.54) is 18.2 Å². The fourth-order valence-electron chi connectivity index (χ4n) is 2.50. The molecule has 6 heteroatoms. The van der Waals surface area contributed by atoms with E-state index in [-0.39, 0.29) is 45.3 Å². The summed E-state index contributed by atoms with van der Waals surface area (Å²) in [6.07, 6.45) is 0. The van der Waals surface area contributed by atoms with Gasteiger partial charge in [0.15, 0.2) is 11.6 Å². The van der Waals surface area contributed by atoms with Crippen molar-refractivity contribution >= 4 is 23.3 Å². The summed E-state index contributed by atoms with van der Waals surface area (Å²) in [7, 11) is 0. The molecule has 0 spiro atoms. The van der Waals surface area contributed by atoms with Gasteiger partial charge in [0.2, 0.25) is 0 Å². The second-order valence-corrected chi connectivity index (χ2v) is 5.91. The van der Waals surface area contributed by atoms with E-state index in [2.05, 4.69) is 0 Å². The molecule has 0 radical (unpaired) electrons. The minimum absolute atomic E-state index is 0.113. The van der Waals surface area contributed by atoms with Crippen LogP contribution < -0.4 is 0 Å². The van der Waals surface area contributed by atoms with Gasteiger partial charge in [-0.2, -0.15) is 0 Å². The molecule has 0 fully saturated rings. The maximum atomic E-state index is 12.6. The largest absolute Gasteiger partial charge is 0.507 e. The fourth-order valence-corrected chi connectivity index (χ4v) is 3.24.